The van der Waals surface area contributed by atoms with Crippen LogP contribution in [-0.4, -0.2) is 14.5 Å². The third kappa shape index (κ3) is 3.09. The standard InChI is InChI=1S/C13H18F2N2O2S/c1-8-3-2-4-9(7-8)17-20(18,19)11-6-5-10(14)13(16)12(11)15/h5-6,8-9,17H,2-4,7,16H2,1H3. The van der Waals surface area contributed by atoms with Gasteiger partial charge in [-0.15, -0.1) is 0 Å². The van der Waals surface area contributed by atoms with Gasteiger partial charge in [0.1, 0.15) is 16.4 Å². The molecule has 1 aliphatic rings. The molecule has 0 saturated heterocycles. The summed E-state index contributed by atoms with van der Waals surface area (Å²) in [5.41, 5.74) is 4.42. The molecule has 1 aliphatic carbocycles. The van der Waals surface area contributed by atoms with Crippen molar-refractivity contribution in [2.24, 2.45) is 5.92 Å². The number of nitrogens with one attached hydrogen (secondary N) is 1. The zero-order chi connectivity index (χ0) is 14.9. The number of benzene rings is 1. The first-order valence-corrected chi connectivity index (χ1v) is 8.05. The van der Waals surface area contributed by atoms with Gasteiger partial charge in [-0.2, -0.15) is 0 Å². The number of hydrogen-bond acceptors (Lipinski definition) is 3. The normalized spacial score (nSPS) is 23.8. The highest BCUT2D eigenvalue weighted by molar-refractivity contribution is 7.89. The van der Waals surface area contributed by atoms with E-state index in [4.69, 9.17) is 5.73 Å². The van der Waals surface area contributed by atoms with E-state index in [1.165, 1.54) is 0 Å². The van der Waals surface area contributed by atoms with Crippen molar-refractivity contribution in [1.82, 2.24) is 4.72 Å². The highest BCUT2D eigenvalue weighted by Crippen LogP contribution is 2.27. The van der Waals surface area contributed by atoms with Crippen LogP contribution in [0.5, 0.6) is 0 Å². The van der Waals surface area contributed by atoms with Crippen molar-refractivity contribution in [3.05, 3.63) is 23.8 Å². The van der Waals surface area contributed by atoms with Crippen molar-refractivity contribution in [3.8, 4) is 0 Å². The molecule has 1 saturated carbocycles. The van der Waals surface area contributed by atoms with E-state index in [1.807, 2.05) is 0 Å². The predicted octanol–water partition coefficient (Wildman–Crippen LogP) is 2.40. The molecule has 0 bridgehead atoms. The number of nitrogen functional groups attached to an aromatic ring is 1. The van der Waals surface area contributed by atoms with Gasteiger partial charge in [-0.3, -0.25) is 0 Å². The molecule has 7 heteroatoms. The van der Waals surface area contributed by atoms with Crippen molar-refractivity contribution in [1.29, 1.82) is 0 Å². The monoisotopic (exact) mass is 304 g/mol. The molecule has 0 aliphatic heterocycles. The lowest BCUT2D eigenvalue weighted by atomic mass is 9.88. The van der Waals surface area contributed by atoms with Crippen LogP contribution in [0.15, 0.2) is 17.0 Å². The van der Waals surface area contributed by atoms with Crippen molar-refractivity contribution >= 4 is 15.7 Å². The quantitative estimate of drug-likeness (QED) is 0.842. The first kappa shape index (κ1) is 15.2. The minimum atomic E-state index is -4.02. The Labute approximate surface area is 117 Å². The third-order valence-corrected chi connectivity index (χ3v) is 5.18. The number of rotatable bonds is 3. The highest BCUT2D eigenvalue weighted by Gasteiger charge is 2.27. The van der Waals surface area contributed by atoms with Crippen LogP contribution in [0.25, 0.3) is 0 Å². The van der Waals surface area contributed by atoms with E-state index in [2.05, 4.69) is 11.6 Å². The Balaban J connectivity index is 2.25. The van der Waals surface area contributed by atoms with Gasteiger partial charge in [-0.05, 0) is 30.9 Å². The van der Waals surface area contributed by atoms with Gasteiger partial charge in [-0.25, -0.2) is 21.9 Å². The van der Waals surface area contributed by atoms with E-state index >= 15 is 0 Å². The number of nitrogens with two attached hydrogens (primary N) is 1. The number of hydrogen-bond donors (Lipinski definition) is 2. The van der Waals surface area contributed by atoms with Gasteiger partial charge in [0.05, 0.1) is 0 Å². The average molecular weight is 304 g/mol. The Hall–Kier alpha value is -1.21. The molecule has 1 fully saturated rings. The second-order valence-electron chi connectivity index (χ2n) is 5.36. The van der Waals surface area contributed by atoms with Gasteiger partial charge in [0, 0.05) is 6.04 Å². The van der Waals surface area contributed by atoms with Crippen LogP contribution >= 0.6 is 0 Å². The fourth-order valence-corrected chi connectivity index (χ4v) is 3.95. The van der Waals surface area contributed by atoms with Crippen molar-refractivity contribution in [2.75, 3.05) is 5.73 Å². The molecule has 0 radical (unpaired) electrons. The zero-order valence-electron chi connectivity index (χ0n) is 11.2. The molecule has 112 valence electrons. The van der Waals surface area contributed by atoms with Crippen LogP contribution in [0.2, 0.25) is 0 Å². The fraction of sp³-hybridized carbons (Fsp3) is 0.538. The van der Waals surface area contributed by atoms with Gasteiger partial charge < -0.3 is 5.73 Å². The summed E-state index contributed by atoms with van der Waals surface area (Å²) >= 11 is 0. The largest absolute Gasteiger partial charge is 0.394 e. The van der Waals surface area contributed by atoms with E-state index in [9.17, 15) is 17.2 Å². The molecule has 3 N–H and O–H groups in total. The molecule has 4 nitrogen and oxygen atoms in total. The molecule has 2 unspecified atom stereocenters. The van der Waals surface area contributed by atoms with Crippen LogP contribution in [0.1, 0.15) is 32.6 Å². The summed E-state index contributed by atoms with van der Waals surface area (Å²) in [6, 6.07) is 1.54. The van der Waals surface area contributed by atoms with Gasteiger partial charge in [0.15, 0.2) is 5.82 Å². The van der Waals surface area contributed by atoms with Crippen molar-refractivity contribution in [3.63, 3.8) is 0 Å². The minimum absolute atomic E-state index is 0.213. The molecule has 0 spiro atoms. The van der Waals surface area contributed by atoms with Gasteiger partial charge in [0.25, 0.3) is 0 Å². The SMILES string of the molecule is CC1CCCC(NS(=O)(=O)c2ccc(F)c(N)c2F)C1. The van der Waals surface area contributed by atoms with Crippen LogP contribution in [-0.2, 0) is 10.0 Å². The lowest BCUT2D eigenvalue weighted by molar-refractivity contribution is 0.327. The maximum Gasteiger partial charge on any atom is 0.243 e. The summed E-state index contributed by atoms with van der Waals surface area (Å²) in [5, 5.41) is 0. The van der Waals surface area contributed by atoms with Crippen LogP contribution in [0.4, 0.5) is 14.5 Å². The summed E-state index contributed by atoms with van der Waals surface area (Å²) in [5.74, 6) is -1.77. The summed E-state index contributed by atoms with van der Waals surface area (Å²) in [4.78, 5) is -0.602. The molecule has 2 rings (SSSR count). The Kier molecular flexibility index (Phi) is 4.29. The highest BCUT2D eigenvalue weighted by atomic mass is 32.2. The summed E-state index contributed by atoms with van der Waals surface area (Å²) < 4.78 is 53.7. The first-order chi connectivity index (χ1) is 9.31. The van der Waals surface area contributed by atoms with Crippen molar-refractivity contribution < 1.29 is 17.2 Å². The number of halogens is 2. The Morgan fingerprint density at radius 1 is 1.30 bits per heavy atom. The van der Waals surface area contributed by atoms with Gasteiger partial charge in [0.2, 0.25) is 10.0 Å². The van der Waals surface area contributed by atoms with Crippen LogP contribution < -0.4 is 10.5 Å². The van der Waals surface area contributed by atoms with E-state index in [0.29, 0.717) is 5.92 Å². The summed E-state index contributed by atoms with van der Waals surface area (Å²) in [6.07, 6.45) is 3.44. The number of anilines is 1. The molecule has 0 heterocycles. The molecular formula is C13H18F2N2O2S. The third-order valence-electron chi connectivity index (χ3n) is 3.64. The smallest absolute Gasteiger partial charge is 0.243 e. The van der Waals surface area contributed by atoms with Crippen LogP contribution in [0, 0.1) is 17.6 Å². The maximum atomic E-state index is 13.8. The lowest BCUT2D eigenvalue weighted by Crippen LogP contribution is -2.38. The molecular weight excluding hydrogens is 286 g/mol. The Morgan fingerprint density at radius 2 is 2.00 bits per heavy atom. The maximum absolute atomic E-state index is 13.8. The van der Waals surface area contributed by atoms with Crippen molar-refractivity contribution in [2.45, 2.75) is 43.5 Å². The van der Waals surface area contributed by atoms with E-state index in [-0.39, 0.29) is 6.04 Å². The second kappa shape index (κ2) is 5.65. The molecule has 2 atom stereocenters. The summed E-state index contributed by atoms with van der Waals surface area (Å²) in [7, 11) is -4.02. The minimum Gasteiger partial charge on any atom is -0.394 e. The van der Waals surface area contributed by atoms with Crippen LogP contribution in [0.3, 0.4) is 0 Å². The molecule has 0 amide bonds. The summed E-state index contributed by atoms with van der Waals surface area (Å²) in [6.45, 7) is 2.05. The second-order valence-corrected chi connectivity index (χ2v) is 7.05. The number of sulfonamides is 1. The molecule has 1 aromatic carbocycles. The average Bonchev–Trinajstić information content (AvgIpc) is 2.35. The predicted molar refractivity (Wildman–Crippen MR) is 72.5 cm³/mol. The lowest BCUT2D eigenvalue weighted by Gasteiger charge is -2.27. The van der Waals surface area contributed by atoms with Gasteiger partial charge in [-0.1, -0.05) is 19.8 Å². The molecule has 20 heavy (non-hydrogen) atoms. The Bertz CT molecular complexity index is 605. The fourth-order valence-electron chi connectivity index (χ4n) is 2.58. The first-order valence-electron chi connectivity index (χ1n) is 6.57. The molecule has 0 aromatic heterocycles. The Morgan fingerprint density at radius 3 is 2.65 bits per heavy atom. The topological polar surface area (TPSA) is 72.2 Å². The van der Waals surface area contributed by atoms with E-state index in [0.717, 1.165) is 37.8 Å². The van der Waals surface area contributed by atoms with Gasteiger partial charge >= 0.3 is 0 Å². The van der Waals surface area contributed by atoms with E-state index in [1.54, 1.807) is 0 Å². The van der Waals surface area contributed by atoms with E-state index < -0.39 is 32.2 Å². The zero-order valence-corrected chi connectivity index (χ0v) is 12.0. The molecule has 1 aromatic rings.